The lowest BCUT2D eigenvalue weighted by Gasteiger charge is -2.13. The number of benzene rings is 2. The topological polar surface area (TPSA) is 92.5 Å². The Balaban J connectivity index is 1.99. The summed E-state index contributed by atoms with van der Waals surface area (Å²) in [5.74, 6) is -0.429. The normalized spacial score (nSPS) is 13.6. The van der Waals surface area contributed by atoms with Crippen LogP contribution in [-0.2, 0) is 0 Å². The molecule has 0 aliphatic carbocycles. The number of para-hydroxylation sites is 1. The fraction of sp³-hybridized carbons (Fsp3) is 0. The van der Waals surface area contributed by atoms with E-state index in [4.69, 9.17) is 28.6 Å². The number of halogens is 2. The summed E-state index contributed by atoms with van der Waals surface area (Å²) in [7, 11) is 0. The molecule has 1 aromatic heterocycles. The number of hydrogen-bond acceptors (Lipinski definition) is 4. The van der Waals surface area contributed by atoms with Crippen LogP contribution in [0.25, 0.3) is 6.08 Å². The van der Waals surface area contributed by atoms with E-state index in [0.717, 1.165) is 0 Å². The number of nitrogens with one attached hydrogen (secondary N) is 2. The first kappa shape index (κ1) is 17.3. The number of hydrogen-bond donors (Lipinski definition) is 3. The van der Waals surface area contributed by atoms with E-state index in [0.29, 0.717) is 21.3 Å². The molecule has 0 atom stereocenters. The molecular weight excluding hydrogens is 387 g/mol. The smallest absolute Gasteiger partial charge is 0.260 e. The molecule has 0 unspecified atom stereocenters. The summed E-state index contributed by atoms with van der Waals surface area (Å²) in [6.07, 6.45) is 1.59. The number of anilines is 1. The largest absolute Gasteiger partial charge is 0.494 e. The van der Waals surface area contributed by atoms with Gasteiger partial charge in [-0.05, 0) is 35.9 Å². The Labute approximate surface area is 163 Å². The fourth-order valence-electron chi connectivity index (χ4n) is 2.83. The summed E-state index contributed by atoms with van der Waals surface area (Å²) in [5.41, 5.74) is 0.919. The Morgan fingerprint density at radius 1 is 1.11 bits per heavy atom. The van der Waals surface area contributed by atoms with Gasteiger partial charge in [0, 0.05) is 0 Å². The van der Waals surface area contributed by atoms with Crippen LogP contribution in [0.3, 0.4) is 0 Å². The maximum Gasteiger partial charge on any atom is 0.260 e. The Hall–Kier alpha value is -3.09. The van der Waals surface area contributed by atoms with Gasteiger partial charge in [0.25, 0.3) is 5.56 Å². The van der Waals surface area contributed by atoms with E-state index >= 15 is 0 Å². The monoisotopic (exact) mass is 398 g/mol. The molecule has 6 nitrogen and oxygen atoms in total. The number of nitrogens with zero attached hydrogens (tertiary/aromatic N) is 2. The molecule has 0 bridgehead atoms. The van der Waals surface area contributed by atoms with Gasteiger partial charge in [0.05, 0.1) is 21.0 Å². The highest BCUT2D eigenvalue weighted by Gasteiger charge is 2.26. The maximum absolute atomic E-state index is 12.5. The van der Waals surface area contributed by atoms with Crippen molar-refractivity contribution in [3.63, 3.8) is 0 Å². The number of pyridine rings is 1. The molecule has 1 aliphatic rings. The van der Waals surface area contributed by atoms with Gasteiger partial charge < -0.3 is 5.11 Å². The highest BCUT2D eigenvalue weighted by atomic mass is 35.5. The van der Waals surface area contributed by atoms with Crippen molar-refractivity contribution in [2.45, 2.75) is 0 Å². The summed E-state index contributed by atoms with van der Waals surface area (Å²) in [6.45, 7) is 0. The Kier molecular flexibility index (Phi) is 4.22. The van der Waals surface area contributed by atoms with E-state index in [9.17, 15) is 9.90 Å². The van der Waals surface area contributed by atoms with Crippen molar-refractivity contribution in [1.29, 1.82) is 5.41 Å². The van der Waals surface area contributed by atoms with E-state index in [1.54, 1.807) is 36.4 Å². The van der Waals surface area contributed by atoms with E-state index in [-0.39, 0.29) is 22.0 Å². The molecule has 0 spiro atoms. The van der Waals surface area contributed by atoms with Crippen LogP contribution in [-0.4, -0.2) is 15.9 Å². The molecular formula is C19H12Cl2N4O2. The lowest BCUT2D eigenvalue weighted by molar-refractivity contribution is 0.449. The molecule has 0 amide bonds. The number of H-pyrrole nitrogens is 1. The van der Waals surface area contributed by atoms with Crippen LogP contribution < -0.4 is 21.1 Å². The summed E-state index contributed by atoms with van der Waals surface area (Å²) in [5, 5.41) is 25.5. The minimum absolute atomic E-state index is 0.0336. The Bertz CT molecular complexity index is 1250. The molecule has 0 saturated heterocycles. The quantitative estimate of drug-likeness (QED) is 0.619. The van der Waals surface area contributed by atoms with Gasteiger partial charge in [-0.25, -0.2) is 5.01 Å². The van der Waals surface area contributed by atoms with Crippen molar-refractivity contribution in [1.82, 2.24) is 4.98 Å². The molecule has 1 aliphatic heterocycles. The molecule has 3 aromatic rings. The summed E-state index contributed by atoms with van der Waals surface area (Å²) in [6, 6.07) is 14.0. The van der Waals surface area contributed by atoms with Crippen LogP contribution in [0.1, 0.15) is 11.1 Å². The molecule has 2 heterocycles. The third kappa shape index (κ3) is 2.99. The second-order valence-electron chi connectivity index (χ2n) is 5.85. The van der Waals surface area contributed by atoms with Gasteiger partial charge in [0.2, 0.25) is 5.88 Å². The van der Waals surface area contributed by atoms with Crippen LogP contribution in [0, 0.1) is 5.41 Å². The molecule has 0 fully saturated rings. The molecule has 0 radical (unpaired) electrons. The highest BCUT2D eigenvalue weighted by molar-refractivity contribution is 6.42. The van der Waals surface area contributed by atoms with Gasteiger partial charge in [-0.3, -0.25) is 15.2 Å². The van der Waals surface area contributed by atoms with Crippen LogP contribution in [0.15, 0.2) is 58.4 Å². The van der Waals surface area contributed by atoms with Gasteiger partial charge >= 0.3 is 0 Å². The van der Waals surface area contributed by atoms with Gasteiger partial charge in [0.1, 0.15) is 10.9 Å². The van der Waals surface area contributed by atoms with Gasteiger partial charge in [0.15, 0.2) is 5.84 Å². The number of amidine groups is 1. The average molecular weight is 399 g/mol. The van der Waals surface area contributed by atoms with Crippen molar-refractivity contribution in [3.05, 3.63) is 90.6 Å². The summed E-state index contributed by atoms with van der Waals surface area (Å²) < 4.78 is 0. The van der Waals surface area contributed by atoms with E-state index in [2.05, 4.69) is 10.1 Å². The van der Waals surface area contributed by atoms with Crippen LogP contribution in [0.4, 0.5) is 5.69 Å². The van der Waals surface area contributed by atoms with Gasteiger partial charge in [-0.1, -0.05) is 47.5 Å². The lowest BCUT2D eigenvalue weighted by Crippen LogP contribution is -2.42. The first-order chi connectivity index (χ1) is 13.0. The molecule has 4 rings (SSSR count). The average Bonchev–Trinajstić information content (AvgIpc) is 3.00. The van der Waals surface area contributed by atoms with Crippen LogP contribution in [0.2, 0.25) is 10.0 Å². The number of aromatic hydroxyl groups is 1. The van der Waals surface area contributed by atoms with Crippen molar-refractivity contribution in [3.8, 4) is 5.88 Å². The number of aromatic nitrogens is 1. The van der Waals surface area contributed by atoms with E-state index < -0.39 is 11.4 Å². The zero-order chi connectivity index (χ0) is 19.1. The highest BCUT2D eigenvalue weighted by Crippen LogP contribution is 2.23. The standard InChI is InChI=1S/C19H12Cl2N4O2/c20-13-7-6-10(9-14(13)21)8-12-16-15(19(27)23-18(12)26)17(22)25(24-16)11-4-2-1-3-5-11/h1-9,22,27H,(H,23,26)/b12-8+,22-17?. The molecule has 0 saturated carbocycles. The second-order valence-corrected chi connectivity index (χ2v) is 6.67. The Morgan fingerprint density at radius 3 is 2.56 bits per heavy atom. The van der Waals surface area contributed by atoms with Crippen molar-refractivity contribution in [2.24, 2.45) is 5.10 Å². The van der Waals surface area contributed by atoms with Crippen LogP contribution >= 0.6 is 23.2 Å². The van der Waals surface area contributed by atoms with Crippen molar-refractivity contribution in [2.75, 3.05) is 5.01 Å². The van der Waals surface area contributed by atoms with E-state index in [1.165, 1.54) is 5.01 Å². The molecule has 8 heteroatoms. The first-order valence-electron chi connectivity index (χ1n) is 7.90. The predicted molar refractivity (Wildman–Crippen MR) is 105 cm³/mol. The van der Waals surface area contributed by atoms with Crippen molar-refractivity contribution >= 4 is 40.8 Å². The molecule has 3 N–H and O–H groups in total. The van der Waals surface area contributed by atoms with Gasteiger partial charge in [-0.15, -0.1) is 0 Å². The lowest BCUT2D eigenvalue weighted by atomic mass is 10.1. The minimum Gasteiger partial charge on any atom is -0.494 e. The number of aromatic amines is 1. The molecule has 2 aromatic carbocycles. The maximum atomic E-state index is 12.5. The number of fused-ring (bicyclic) bond motifs is 1. The second kappa shape index (κ2) is 6.57. The fourth-order valence-corrected chi connectivity index (χ4v) is 3.14. The summed E-state index contributed by atoms with van der Waals surface area (Å²) in [4.78, 5) is 14.8. The first-order valence-corrected chi connectivity index (χ1v) is 8.66. The zero-order valence-electron chi connectivity index (χ0n) is 13.7. The minimum atomic E-state index is -0.524. The van der Waals surface area contributed by atoms with Crippen LogP contribution in [0.5, 0.6) is 5.88 Å². The Morgan fingerprint density at radius 2 is 1.85 bits per heavy atom. The predicted octanol–water partition coefficient (Wildman–Crippen LogP) is 2.60. The number of rotatable bonds is 2. The van der Waals surface area contributed by atoms with Gasteiger partial charge in [-0.2, -0.15) is 5.10 Å². The van der Waals surface area contributed by atoms with Crippen molar-refractivity contribution < 1.29 is 5.11 Å². The SMILES string of the molecule is N=C1c2c(O)[nH]c(=O)/c(=C/c3ccc(Cl)c(Cl)c3)c2=NN1c1ccccc1. The molecule has 134 valence electrons. The zero-order valence-corrected chi connectivity index (χ0v) is 15.2. The third-order valence-electron chi connectivity index (χ3n) is 4.11. The molecule has 27 heavy (non-hydrogen) atoms. The third-order valence-corrected chi connectivity index (χ3v) is 4.85. The van der Waals surface area contributed by atoms with E-state index in [1.807, 2.05) is 18.2 Å². The summed E-state index contributed by atoms with van der Waals surface area (Å²) >= 11 is 12.0.